The SMILES string of the molecule is O=C(O)CCCCCCCCCCCCCCCCCCCCCCCCCCCC[SiH](Cl)Cl. The van der Waals surface area contributed by atoms with Gasteiger partial charge in [-0.3, -0.25) is 4.79 Å². The minimum atomic E-state index is -1.34. The van der Waals surface area contributed by atoms with Gasteiger partial charge in [-0.1, -0.05) is 161 Å². The summed E-state index contributed by atoms with van der Waals surface area (Å²) in [6.45, 7) is 0. The maximum Gasteiger partial charge on any atom is 0.303 e. The normalized spacial score (nSPS) is 11.5. The summed E-state index contributed by atoms with van der Waals surface area (Å²) in [5.41, 5.74) is 0. The van der Waals surface area contributed by atoms with Gasteiger partial charge in [0.25, 0.3) is 0 Å². The van der Waals surface area contributed by atoms with E-state index in [4.69, 9.17) is 27.3 Å². The predicted molar refractivity (Wildman–Crippen MR) is 156 cm³/mol. The fourth-order valence-corrected chi connectivity index (χ4v) is 6.34. The molecule has 2 nitrogen and oxygen atoms in total. The van der Waals surface area contributed by atoms with E-state index in [2.05, 4.69) is 0 Å². The van der Waals surface area contributed by atoms with Crippen LogP contribution in [0.15, 0.2) is 0 Å². The third kappa shape index (κ3) is 32.3. The largest absolute Gasteiger partial charge is 0.481 e. The van der Waals surface area contributed by atoms with Crippen LogP contribution in [0.25, 0.3) is 0 Å². The fourth-order valence-electron chi connectivity index (χ4n) is 4.82. The van der Waals surface area contributed by atoms with E-state index in [0.717, 1.165) is 18.9 Å². The highest BCUT2D eigenvalue weighted by Gasteiger charge is 2.01. The number of hydrogen-bond donors (Lipinski definition) is 1. The lowest BCUT2D eigenvalue weighted by molar-refractivity contribution is -0.137. The van der Waals surface area contributed by atoms with Crippen LogP contribution in [0.4, 0.5) is 0 Å². The Morgan fingerprint density at radius 1 is 0.412 bits per heavy atom. The second-order valence-corrected chi connectivity index (χ2v) is 15.7. The van der Waals surface area contributed by atoms with E-state index >= 15 is 0 Å². The highest BCUT2D eigenvalue weighted by molar-refractivity contribution is 7.33. The summed E-state index contributed by atoms with van der Waals surface area (Å²) in [7, 11) is -1.34. The van der Waals surface area contributed by atoms with Gasteiger partial charge in [0.15, 0.2) is 0 Å². The van der Waals surface area contributed by atoms with E-state index in [0.29, 0.717) is 6.42 Å². The first kappa shape index (κ1) is 34.3. The fraction of sp³-hybridized carbons (Fsp3) is 0.966. The van der Waals surface area contributed by atoms with E-state index in [-0.39, 0.29) is 0 Å². The lowest BCUT2D eigenvalue weighted by Gasteiger charge is -2.04. The van der Waals surface area contributed by atoms with Crippen molar-refractivity contribution in [3.63, 3.8) is 0 Å². The molecule has 0 aromatic carbocycles. The zero-order valence-electron chi connectivity index (χ0n) is 22.5. The molecule has 0 spiro atoms. The van der Waals surface area contributed by atoms with Crippen LogP contribution in [0.2, 0.25) is 6.04 Å². The molecule has 0 aromatic heterocycles. The standard InChI is InChI=1S/C29H58Cl2O2Si/c30-34(31)28-26-24-22-20-18-16-14-12-10-8-6-4-2-1-3-5-7-9-11-13-15-17-19-21-23-25-27-29(32)33/h34H,1-28H2,(H,32,33). The molecule has 0 rings (SSSR count). The van der Waals surface area contributed by atoms with Crippen molar-refractivity contribution < 1.29 is 9.90 Å². The summed E-state index contributed by atoms with van der Waals surface area (Å²) < 4.78 is 0. The molecule has 34 heavy (non-hydrogen) atoms. The molecule has 0 aromatic rings. The summed E-state index contributed by atoms with van der Waals surface area (Å²) in [6.07, 6.45) is 35.7. The molecule has 0 heterocycles. The third-order valence-corrected chi connectivity index (χ3v) is 9.22. The summed E-state index contributed by atoms with van der Waals surface area (Å²) in [6, 6.07) is 1.09. The number of unbranched alkanes of at least 4 members (excludes halogenated alkanes) is 25. The van der Waals surface area contributed by atoms with Crippen LogP contribution in [0, 0.1) is 0 Å². The maximum atomic E-state index is 10.4. The number of hydrogen-bond acceptors (Lipinski definition) is 1. The zero-order valence-corrected chi connectivity index (χ0v) is 25.2. The second kappa shape index (κ2) is 29.5. The summed E-state index contributed by atoms with van der Waals surface area (Å²) in [4.78, 5) is 10.4. The first-order valence-corrected chi connectivity index (χ1v) is 19.4. The second-order valence-electron chi connectivity index (χ2n) is 10.5. The van der Waals surface area contributed by atoms with Crippen molar-refractivity contribution in [2.45, 2.75) is 179 Å². The summed E-state index contributed by atoms with van der Waals surface area (Å²) in [5, 5.41) is 8.61. The molecule has 0 amide bonds. The number of aliphatic carboxylic acids is 1. The highest BCUT2D eigenvalue weighted by atomic mass is 35.7. The molecule has 204 valence electrons. The van der Waals surface area contributed by atoms with Crippen LogP contribution in [-0.2, 0) is 4.79 Å². The van der Waals surface area contributed by atoms with Crippen LogP contribution in [0.5, 0.6) is 0 Å². The Hall–Kier alpha value is 0.267. The quantitative estimate of drug-likeness (QED) is 0.0585. The van der Waals surface area contributed by atoms with Gasteiger partial charge in [-0.05, 0) is 12.5 Å². The van der Waals surface area contributed by atoms with Crippen molar-refractivity contribution >= 4 is 35.5 Å². The Kier molecular flexibility index (Phi) is 29.7. The van der Waals surface area contributed by atoms with E-state index in [9.17, 15) is 4.79 Å². The molecule has 0 saturated carbocycles. The molecule has 0 saturated heterocycles. The van der Waals surface area contributed by atoms with Crippen LogP contribution in [-0.4, -0.2) is 18.5 Å². The molecule has 0 aliphatic heterocycles. The average molecular weight is 538 g/mol. The molecular weight excluding hydrogens is 479 g/mol. The number of carbonyl (C=O) groups is 1. The minimum Gasteiger partial charge on any atom is -0.481 e. The lowest BCUT2D eigenvalue weighted by Crippen LogP contribution is -1.93. The molecule has 5 heteroatoms. The molecule has 0 unspecified atom stereocenters. The smallest absolute Gasteiger partial charge is 0.303 e. The third-order valence-electron chi connectivity index (χ3n) is 7.06. The Morgan fingerprint density at radius 2 is 0.618 bits per heavy atom. The Morgan fingerprint density at radius 3 is 0.824 bits per heavy atom. The Labute approximate surface area is 224 Å². The molecule has 0 aliphatic rings. The first-order chi connectivity index (χ1) is 16.6. The van der Waals surface area contributed by atoms with Crippen molar-refractivity contribution in [1.29, 1.82) is 0 Å². The molecule has 0 radical (unpaired) electrons. The van der Waals surface area contributed by atoms with Gasteiger partial charge < -0.3 is 5.11 Å². The molecule has 0 bridgehead atoms. The van der Waals surface area contributed by atoms with Gasteiger partial charge in [-0.2, -0.15) is 22.2 Å². The Bertz CT molecular complexity index is 408. The van der Waals surface area contributed by atoms with E-state index in [1.165, 1.54) is 154 Å². The van der Waals surface area contributed by atoms with E-state index < -0.39 is 13.4 Å². The van der Waals surface area contributed by atoms with Gasteiger partial charge in [0, 0.05) is 6.42 Å². The van der Waals surface area contributed by atoms with Gasteiger partial charge in [-0.25, -0.2) is 0 Å². The van der Waals surface area contributed by atoms with Crippen molar-refractivity contribution in [2.24, 2.45) is 0 Å². The number of halogens is 2. The lowest BCUT2D eigenvalue weighted by atomic mass is 10.0. The van der Waals surface area contributed by atoms with Crippen molar-refractivity contribution in [3.8, 4) is 0 Å². The van der Waals surface area contributed by atoms with Crippen LogP contribution in [0.1, 0.15) is 173 Å². The van der Waals surface area contributed by atoms with Gasteiger partial charge in [-0.15, -0.1) is 0 Å². The van der Waals surface area contributed by atoms with Crippen molar-refractivity contribution in [2.75, 3.05) is 0 Å². The number of rotatable bonds is 29. The molecule has 0 fully saturated rings. The highest BCUT2D eigenvalue weighted by Crippen LogP contribution is 2.17. The molecule has 1 N–H and O–H groups in total. The Balaban J connectivity index is 3.02. The van der Waals surface area contributed by atoms with E-state index in [1.807, 2.05) is 0 Å². The monoisotopic (exact) mass is 536 g/mol. The number of carboxylic acids is 1. The van der Waals surface area contributed by atoms with Gasteiger partial charge in [0.1, 0.15) is 0 Å². The van der Waals surface area contributed by atoms with Crippen LogP contribution < -0.4 is 0 Å². The minimum absolute atomic E-state index is 0.342. The predicted octanol–water partition coefficient (Wildman–Crippen LogP) is 11.3. The number of carboxylic acid groups (broad SMARTS) is 1. The average Bonchev–Trinajstić information content (AvgIpc) is 2.80. The first-order valence-electron chi connectivity index (χ1n) is 15.1. The van der Waals surface area contributed by atoms with Gasteiger partial charge >= 0.3 is 5.97 Å². The topological polar surface area (TPSA) is 37.3 Å². The van der Waals surface area contributed by atoms with Crippen molar-refractivity contribution in [3.05, 3.63) is 0 Å². The zero-order chi connectivity index (χ0) is 25.0. The summed E-state index contributed by atoms with van der Waals surface area (Å²) >= 11 is 11.8. The molecule has 0 atom stereocenters. The summed E-state index contributed by atoms with van der Waals surface area (Å²) in [5.74, 6) is -0.652. The maximum absolute atomic E-state index is 10.4. The van der Waals surface area contributed by atoms with Crippen molar-refractivity contribution in [1.82, 2.24) is 0 Å². The van der Waals surface area contributed by atoms with Gasteiger partial charge in [0.05, 0.1) is 0 Å². The molecule has 0 aliphatic carbocycles. The van der Waals surface area contributed by atoms with Gasteiger partial charge in [0.2, 0.25) is 7.42 Å². The van der Waals surface area contributed by atoms with Crippen LogP contribution >= 0.6 is 22.2 Å². The van der Waals surface area contributed by atoms with E-state index in [1.54, 1.807) is 0 Å². The van der Waals surface area contributed by atoms with Crippen LogP contribution in [0.3, 0.4) is 0 Å². The molecular formula is C29H58Cl2O2Si.